The summed E-state index contributed by atoms with van der Waals surface area (Å²) in [7, 11) is 0. The van der Waals surface area contributed by atoms with Gasteiger partial charge in [-0.25, -0.2) is 4.79 Å². The second-order valence-corrected chi connectivity index (χ2v) is 7.95. The van der Waals surface area contributed by atoms with E-state index in [2.05, 4.69) is 12.2 Å². The van der Waals surface area contributed by atoms with Gasteiger partial charge in [-0.3, -0.25) is 9.59 Å². The summed E-state index contributed by atoms with van der Waals surface area (Å²) in [6.45, 7) is 7.54. The van der Waals surface area contributed by atoms with Gasteiger partial charge >= 0.3 is 5.97 Å². The van der Waals surface area contributed by atoms with Crippen molar-refractivity contribution in [1.82, 2.24) is 0 Å². The number of nitriles is 1. The van der Waals surface area contributed by atoms with E-state index < -0.39 is 11.9 Å². The summed E-state index contributed by atoms with van der Waals surface area (Å²) in [5.74, 6) is -0.831. The van der Waals surface area contributed by atoms with E-state index in [0.717, 1.165) is 24.2 Å². The molecule has 0 unspecified atom stereocenters. The molecule has 0 saturated heterocycles. The maximum Gasteiger partial charge on any atom is 0.341 e. The topological polar surface area (TPSA) is 105 Å². The number of ether oxygens (including phenoxy) is 2. The minimum atomic E-state index is -0.683. The Morgan fingerprint density at radius 1 is 1.19 bits per heavy atom. The predicted octanol–water partition coefficient (Wildman–Crippen LogP) is 5.16. The van der Waals surface area contributed by atoms with Crippen molar-refractivity contribution in [3.63, 3.8) is 0 Å². The van der Waals surface area contributed by atoms with Crippen molar-refractivity contribution in [2.24, 2.45) is 0 Å². The highest BCUT2D eigenvalue weighted by molar-refractivity contribution is 7.18. The molecule has 0 saturated carbocycles. The number of Topliss-reactive ketones (excluding diaryl/α,β-unsaturated/α-hetero) is 1. The van der Waals surface area contributed by atoms with E-state index in [4.69, 9.17) is 9.47 Å². The zero-order valence-electron chi connectivity index (χ0n) is 18.6. The van der Waals surface area contributed by atoms with Crippen LogP contribution in [-0.2, 0) is 9.53 Å². The summed E-state index contributed by atoms with van der Waals surface area (Å²) in [6.07, 6.45) is 3.44. The third-order valence-corrected chi connectivity index (χ3v) is 5.80. The monoisotopic (exact) mass is 454 g/mol. The van der Waals surface area contributed by atoms with E-state index in [1.807, 2.05) is 6.07 Å². The lowest BCUT2D eigenvalue weighted by molar-refractivity contribution is -0.112. The number of nitrogens with zero attached hydrogens (tertiary/aromatic N) is 1. The molecule has 1 aromatic heterocycles. The summed E-state index contributed by atoms with van der Waals surface area (Å²) < 4.78 is 10.7. The number of amides is 1. The van der Waals surface area contributed by atoms with Crippen molar-refractivity contribution in [3.8, 4) is 11.8 Å². The normalized spacial score (nSPS) is 10.9. The van der Waals surface area contributed by atoms with E-state index in [-0.39, 0.29) is 28.5 Å². The number of anilines is 1. The summed E-state index contributed by atoms with van der Waals surface area (Å²) in [4.78, 5) is 37.4. The molecule has 2 rings (SSSR count). The Balaban J connectivity index is 2.26. The van der Waals surface area contributed by atoms with Crippen molar-refractivity contribution >= 4 is 40.1 Å². The zero-order chi connectivity index (χ0) is 23.7. The fraction of sp³-hybridized carbons (Fsp3) is 0.333. The van der Waals surface area contributed by atoms with Gasteiger partial charge in [-0.05, 0) is 56.5 Å². The number of unbranched alkanes of at least 4 members (excludes halogenated alkanes) is 1. The number of rotatable bonds is 10. The van der Waals surface area contributed by atoms with Crippen molar-refractivity contribution < 1.29 is 23.9 Å². The molecule has 2 aromatic rings. The van der Waals surface area contributed by atoms with E-state index in [1.165, 1.54) is 13.0 Å². The minimum absolute atomic E-state index is 0.126. The van der Waals surface area contributed by atoms with Gasteiger partial charge in [0.15, 0.2) is 5.78 Å². The molecule has 1 aromatic carbocycles. The third kappa shape index (κ3) is 6.28. The van der Waals surface area contributed by atoms with E-state index in [9.17, 15) is 19.6 Å². The number of carbonyl (C=O) groups excluding carboxylic acids is 3. The van der Waals surface area contributed by atoms with Gasteiger partial charge in [-0.2, -0.15) is 5.26 Å². The first-order chi connectivity index (χ1) is 15.3. The Kier molecular flexibility index (Phi) is 9.17. The molecule has 0 radical (unpaired) electrons. The molecule has 0 bridgehead atoms. The fourth-order valence-corrected chi connectivity index (χ4v) is 3.95. The molecule has 0 aliphatic rings. The summed E-state index contributed by atoms with van der Waals surface area (Å²) in [5, 5.41) is 12.3. The van der Waals surface area contributed by atoms with Crippen LogP contribution in [0.2, 0.25) is 0 Å². The maximum atomic E-state index is 12.8. The molecule has 8 heteroatoms. The number of carbonyl (C=O) groups is 3. The molecule has 0 spiro atoms. The second-order valence-electron chi connectivity index (χ2n) is 6.93. The van der Waals surface area contributed by atoms with Gasteiger partial charge in [0, 0.05) is 0 Å². The smallest absolute Gasteiger partial charge is 0.341 e. The number of ketones is 1. The number of esters is 1. The largest absolute Gasteiger partial charge is 0.494 e. The third-order valence-electron chi connectivity index (χ3n) is 4.50. The molecule has 32 heavy (non-hydrogen) atoms. The first kappa shape index (κ1) is 24.8. The molecule has 0 atom stereocenters. The van der Waals surface area contributed by atoms with Crippen molar-refractivity contribution in [1.29, 1.82) is 5.26 Å². The number of nitrogens with one attached hydrogen (secondary N) is 1. The highest BCUT2D eigenvalue weighted by Crippen LogP contribution is 2.34. The first-order valence-electron chi connectivity index (χ1n) is 10.3. The van der Waals surface area contributed by atoms with Gasteiger partial charge in [-0.1, -0.05) is 25.5 Å². The Bertz CT molecular complexity index is 1060. The number of thiophene rings is 1. The van der Waals surface area contributed by atoms with Gasteiger partial charge in [-0.15, -0.1) is 11.3 Å². The summed E-state index contributed by atoms with van der Waals surface area (Å²) >= 11 is 0.987. The van der Waals surface area contributed by atoms with Crippen LogP contribution < -0.4 is 10.1 Å². The standard InChI is InChI=1S/C24H26N2O5S/c1-5-7-12-31-19-10-8-17(9-11-19)13-18(14-25)22(28)26-23-20(24(29)30-6-2)15(3)21(32-23)16(4)27/h8-11,13H,5-7,12H2,1-4H3,(H,26,28). The first-order valence-corrected chi connectivity index (χ1v) is 11.1. The van der Waals surface area contributed by atoms with Gasteiger partial charge in [0.1, 0.15) is 22.4 Å². The van der Waals surface area contributed by atoms with Gasteiger partial charge in [0.2, 0.25) is 0 Å². The Morgan fingerprint density at radius 3 is 2.44 bits per heavy atom. The molecular formula is C24H26N2O5S. The SMILES string of the molecule is CCCCOc1ccc(C=C(C#N)C(=O)Nc2sc(C(C)=O)c(C)c2C(=O)OCC)cc1. The highest BCUT2D eigenvalue weighted by Gasteiger charge is 2.26. The van der Waals surface area contributed by atoms with E-state index in [1.54, 1.807) is 38.1 Å². The molecule has 0 aliphatic carbocycles. The van der Waals surface area contributed by atoms with Crippen LogP contribution in [0.5, 0.6) is 5.75 Å². The zero-order valence-corrected chi connectivity index (χ0v) is 19.4. The second kappa shape index (κ2) is 11.8. The molecule has 0 aliphatic heterocycles. The van der Waals surface area contributed by atoms with Crippen LogP contribution in [0.3, 0.4) is 0 Å². The Morgan fingerprint density at radius 2 is 1.88 bits per heavy atom. The molecule has 0 fully saturated rings. The number of hydrogen-bond donors (Lipinski definition) is 1. The lowest BCUT2D eigenvalue weighted by Crippen LogP contribution is -2.16. The van der Waals surface area contributed by atoms with Crippen LogP contribution in [0.4, 0.5) is 5.00 Å². The predicted molar refractivity (Wildman–Crippen MR) is 124 cm³/mol. The van der Waals surface area contributed by atoms with Gasteiger partial charge in [0.25, 0.3) is 5.91 Å². The van der Waals surface area contributed by atoms with Crippen molar-refractivity contribution in [2.45, 2.75) is 40.5 Å². The lowest BCUT2D eigenvalue weighted by atomic mass is 10.1. The molecule has 1 amide bonds. The van der Waals surface area contributed by atoms with Crippen molar-refractivity contribution in [3.05, 3.63) is 51.4 Å². The molecule has 168 valence electrons. The maximum absolute atomic E-state index is 12.8. The van der Waals surface area contributed by atoms with E-state index in [0.29, 0.717) is 28.4 Å². The highest BCUT2D eigenvalue weighted by atomic mass is 32.1. The summed E-state index contributed by atoms with van der Waals surface area (Å²) in [5.41, 5.74) is 1.07. The minimum Gasteiger partial charge on any atom is -0.494 e. The van der Waals surface area contributed by atoms with Crippen LogP contribution >= 0.6 is 11.3 Å². The molecule has 7 nitrogen and oxygen atoms in total. The number of hydrogen-bond acceptors (Lipinski definition) is 7. The Labute approximate surface area is 191 Å². The van der Waals surface area contributed by atoms with Gasteiger partial charge in [0.05, 0.1) is 23.7 Å². The average Bonchev–Trinajstić information content (AvgIpc) is 3.09. The van der Waals surface area contributed by atoms with E-state index >= 15 is 0 Å². The molecular weight excluding hydrogens is 428 g/mol. The van der Waals surface area contributed by atoms with Crippen LogP contribution in [0, 0.1) is 18.3 Å². The van der Waals surface area contributed by atoms with Gasteiger partial charge < -0.3 is 14.8 Å². The number of benzene rings is 1. The molecule has 1 heterocycles. The van der Waals surface area contributed by atoms with Crippen LogP contribution in [0.1, 0.15) is 64.8 Å². The van der Waals surface area contributed by atoms with Crippen molar-refractivity contribution in [2.75, 3.05) is 18.5 Å². The molecule has 1 N–H and O–H groups in total. The fourth-order valence-electron chi connectivity index (χ4n) is 2.87. The summed E-state index contributed by atoms with van der Waals surface area (Å²) in [6, 6.07) is 8.93. The Hall–Kier alpha value is -3.44. The quantitative estimate of drug-likeness (QED) is 0.175. The average molecular weight is 455 g/mol. The van der Waals surface area contributed by atoms with Crippen LogP contribution in [-0.4, -0.2) is 30.9 Å². The lowest BCUT2D eigenvalue weighted by Gasteiger charge is -2.07. The van der Waals surface area contributed by atoms with Crippen LogP contribution in [0.15, 0.2) is 29.8 Å². The van der Waals surface area contributed by atoms with Crippen LogP contribution in [0.25, 0.3) is 6.08 Å².